The zero-order chi connectivity index (χ0) is 14.8. The number of carbonyl (C=O) groups is 1. The number of carbonyl (C=O) groups excluding carboxylic acids is 1. The molecule has 4 nitrogen and oxygen atoms in total. The number of nitrogen functional groups attached to an aromatic ring is 1. The highest BCUT2D eigenvalue weighted by Crippen LogP contribution is 2.20. The summed E-state index contributed by atoms with van der Waals surface area (Å²) in [5, 5.41) is 5.19. The first-order valence-corrected chi connectivity index (χ1v) is 7.47. The average Bonchev–Trinajstić information content (AvgIpc) is 2.49. The van der Waals surface area contributed by atoms with Crippen LogP contribution in [0.25, 0.3) is 10.8 Å². The van der Waals surface area contributed by atoms with Gasteiger partial charge in [0.2, 0.25) is 0 Å². The van der Waals surface area contributed by atoms with Crippen LogP contribution < -0.4 is 16.8 Å². The predicted molar refractivity (Wildman–Crippen MR) is 86.1 cm³/mol. The third kappa shape index (κ3) is 3.16. The minimum atomic E-state index is -0.00537. The van der Waals surface area contributed by atoms with Gasteiger partial charge >= 0.3 is 0 Å². The lowest BCUT2D eigenvalue weighted by Crippen LogP contribution is -2.40. The van der Waals surface area contributed by atoms with Gasteiger partial charge in [-0.3, -0.25) is 4.79 Å². The third-order valence-electron chi connectivity index (χ3n) is 4.23. The Morgan fingerprint density at radius 2 is 1.67 bits per heavy atom. The molecule has 1 fully saturated rings. The molecule has 0 atom stereocenters. The molecule has 21 heavy (non-hydrogen) atoms. The molecule has 0 bridgehead atoms. The van der Waals surface area contributed by atoms with Crippen molar-refractivity contribution in [2.45, 2.75) is 37.8 Å². The van der Waals surface area contributed by atoms with Crippen molar-refractivity contribution < 1.29 is 4.79 Å². The van der Waals surface area contributed by atoms with Gasteiger partial charge in [0.25, 0.3) is 5.91 Å². The second-order valence-electron chi connectivity index (χ2n) is 5.91. The Balaban J connectivity index is 1.74. The Morgan fingerprint density at radius 3 is 2.43 bits per heavy atom. The van der Waals surface area contributed by atoms with Gasteiger partial charge in [-0.05, 0) is 60.7 Å². The van der Waals surface area contributed by atoms with Crippen molar-refractivity contribution in [1.82, 2.24) is 5.32 Å². The Morgan fingerprint density at radius 1 is 1.00 bits per heavy atom. The van der Waals surface area contributed by atoms with Gasteiger partial charge < -0.3 is 16.8 Å². The number of anilines is 1. The highest BCUT2D eigenvalue weighted by molar-refractivity contribution is 5.99. The molecule has 0 radical (unpaired) electrons. The molecule has 0 spiro atoms. The van der Waals surface area contributed by atoms with E-state index in [9.17, 15) is 4.79 Å². The molecular weight excluding hydrogens is 262 g/mol. The van der Waals surface area contributed by atoms with E-state index >= 15 is 0 Å². The van der Waals surface area contributed by atoms with Crippen LogP contribution in [-0.4, -0.2) is 18.0 Å². The van der Waals surface area contributed by atoms with Gasteiger partial charge in [0.1, 0.15) is 0 Å². The Hall–Kier alpha value is -2.07. The van der Waals surface area contributed by atoms with Crippen LogP contribution in [0.3, 0.4) is 0 Å². The monoisotopic (exact) mass is 283 g/mol. The van der Waals surface area contributed by atoms with Crippen LogP contribution in [0, 0.1) is 0 Å². The maximum absolute atomic E-state index is 12.3. The predicted octanol–water partition coefficient (Wildman–Crippen LogP) is 2.42. The van der Waals surface area contributed by atoms with E-state index in [0.29, 0.717) is 11.6 Å². The van der Waals surface area contributed by atoms with E-state index < -0.39 is 0 Å². The molecular formula is C17H21N3O. The largest absolute Gasteiger partial charge is 0.399 e. The first-order chi connectivity index (χ1) is 10.1. The molecule has 0 aromatic heterocycles. The van der Waals surface area contributed by atoms with Gasteiger partial charge in [-0.2, -0.15) is 0 Å². The molecule has 110 valence electrons. The molecule has 1 aliphatic rings. The number of nitrogens with two attached hydrogens (primary N) is 2. The minimum absolute atomic E-state index is 0.00537. The summed E-state index contributed by atoms with van der Waals surface area (Å²) < 4.78 is 0. The summed E-state index contributed by atoms with van der Waals surface area (Å²) >= 11 is 0. The van der Waals surface area contributed by atoms with Crippen molar-refractivity contribution in [2.24, 2.45) is 5.73 Å². The number of nitrogens with one attached hydrogen (secondary N) is 1. The van der Waals surface area contributed by atoms with E-state index in [2.05, 4.69) is 5.32 Å². The SMILES string of the molecule is Nc1ccc2cc(C(=O)NC3CCC(N)CC3)ccc2c1. The molecule has 5 N–H and O–H groups in total. The lowest BCUT2D eigenvalue weighted by molar-refractivity contribution is 0.0926. The van der Waals surface area contributed by atoms with E-state index in [1.54, 1.807) is 0 Å². The number of rotatable bonds is 2. The number of hydrogen-bond donors (Lipinski definition) is 3. The van der Waals surface area contributed by atoms with Crippen LogP contribution in [0.1, 0.15) is 36.0 Å². The van der Waals surface area contributed by atoms with Crippen molar-refractivity contribution in [3.63, 3.8) is 0 Å². The summed E-state index contributed by atoms with van der Waals surface area (Å²) in [4.78, 5) is 12.3. The van der Waals surface area contributed by atoms with E-state index in [4.69, 9.17) is 11.5 Å². The summed E-state index contributed by atoms with van der Waals surface area (Å²) in [6, 6.07) is 12.0. The van der Waals surface area contributed by atoms with Crippen molar-refractivity contribution in [3.8, 4) is 0 Å². The van der Waals surface area contributed by atoms with Gasteiger partial charge in [0, 0.05) is 23.3 Å². The molecule has 4 heteroatoms. The molecule has 2 aromatic rings. The Kier molecular flexibility index (Phi) is 3.80. The van der Waals surface area contributed by atoms with Crippen molar-refractivity contribution >= 4 is 22.4 Å². The molecule has 3 rings (SSSR count). The summed E-state index contributed by atoms with van der Waals surface area (Å²) in [6.07, 6.45) is 3.91. The van der Waals surface area contributed by atoms with Crippen molar-refractivity contribution in [2.75, 3.05) is 5.73 Å². The standard InChI is InChI=1S/C17H21N3O/c18-14-5-7-16(8-6-14)20-17(21)13-2-1-12-10-15(19)4-3-11(12)9-13/h1-4,9-10,14,16H,5-8,18-19H2,(H,20,21). The summed E-state index contributed by atoms with van der Waals surface area (Å²) in [7, 11) is 0. The summed E-state index contributed by atoms with van der Waals surface area (Å²) in [5.74, 6) is -0.00537. The van der Waals surface area contributed by atoms with Gasteiger partial charge in [-0.15, -0.1) is 0 Å². The average molecular weight is 283 g/mol. The molecule has 0 saturated heterocycles. The molecule has 1 amide bonds. The van der Waals surface area contributed by atoms with Gasteiger partial charge in [0.15, 0.2) is 0 Å². The summed E-state index contributed by atoms with van der Waals surface area (Å²) in [5.41, 5.74) is 13.1. The van der Waals surface area contributed by atoms with Gasteiger partial charge in [-0.25, -0.2) is 0 Å². The lowest BCUT2D eigenvalue weighted by atomic mass is 9.91. The van der Waals surface area contributed by atoms with Crippen molar-refractivity contribution in [3.05, 3.63) is 42.0 Å². The van der Waals surface area contributed by atoms with Crippen LogP contribution in [0.5, 0.6) is 0 Å². The molecule has 1 aliphatic carbocycles. The lowest BCUT2D eigenvalue weighted by Gasteiger charge is -2.26. The number of hydrogen-bond acceptors (Lipinski definition) is 3. The highest BCUT2D eigenvalue weighted by atomic mass is 16.1. The molecule has 0 heterocycles. The second kappa shape index (κ2) is 5.74. The molecule has 0 aliphatic heterocycles. The zero-order valence-corrected chi connectivity index (χ0v) is 12.0. The highest BCUT2D eigenvalue weighted by Gasteiger charge is 2.20. The Bertz CT molecular complexity index is 660. The number of benzene rings is 2. The second-order valence-corrected chi connectivity index (χ2v) is 5.91. The fourth-order valence-electron chi connectivity index (χ4n) is 2.94. The van der Waals surface area contributed by atoms with Crippen molar-refractivity contribution in [1.29, 1.82) is 0 Å². The summed E-state index contributed by atoms with van der Waals surface area (Å²) in [6.45, 7) is 0. The van der Waals surface area contributed by atoms with Gasteiger partial charge in [0.05, 0.1) is 0 Å². The Labute approximate surface area is 124 Å². The number of fused-ring (bicyclic) bond motifs is 1. The first kappa shape index (κ1) is 13.9. The normalized spacial score (nSPS) is 22.1. The van der Waals surface area contributed by atoms with Crippen LogP contribution in [0.15, 0.2) is 36.4 Å². The van der Waals surface area contributed by atoms with E-state index in [1.165, 1.54) is 0 Å². The fraction of sp³-hybridized carbons (Fsp3) is 0.353. The third-order valence-corrected chi connectivity index (χ3v) is 4.23. The maximum Gasteiger partial charge on any atom is 0.251 e. The zero-order valence-electron chi connectivity index (χ0n) is 12.0. The van der Waals surface area contributed by atoms with E-state index in [-0.39, 0.29) is 11.9 Å². The van der Waals surface area contributed by atoms with E-state index in [0.717, 1.165) is 42.1 Å². The molecule has 1 saturated carbocycles. The first-order valence-electron chi connectivity index (χ1n) is 7.47. The topological polar surface area (TPSA) is 81.1 Å². The van der Waals surface area contributed by atoms with Crippen LogP contribution in [-0.2, 0) is 0 Å². The quantitative estimate of drug-likeness (QED) is 0.740. The smallest absolute Gasteiger partial charge is 0.251 e. The van der Waals surface area contributed by atoms with Crippen LogP contribution >= 0.6 is 0 Å². The number of amides is 1. The van der Waals surface area contributed by atoms with E-state index in [1.807, 2.05) is 36.4 Å². The fourth-order valence-corrected chi connectivity index (χ4v) is 2.94. The van der Waals surface area contributed by atoms with Crippen LogP contribution in [0.2, 0.25) is 0 Å². The molecule has 2 aromatic carbocycles. The molecule has 0 unspecified atom stereocenters. The maximum atomic E-state index is 12.3. The minimum Gasteiger partial charge on any atom is -0.399 e. The van der Waals surface area contributed by atoms with Gasteiger partial charge in [-0.1, -0.05) is 12.1 Å². The van der Waals surface area contributed by atoms with Crippen LogP contribution in [0.4, 0.5) is 5.69 Å².